The molecule has 2 atom stereocenters. The molecule has 0 fully saturated rings. The zero-order valence-corrected chi connectivity index (χ0v) is 25.2. The summed E-state index contributed by atoms with van der Waals surface area (Å²) in [5.41, 5.74) is 0.0775. The van der Waals surface area contributed by atoms with Crippen LogP contribution in [-0.2, 0) is 25.6 Å². The second-order valence-electron chi connectivity index (χ2n) is 11.3. The summed E-state index contributed by atoms with van der Waals surface area (Å²) in [5, 5.41) is 12.1. The Bertz CT molecular complexity index is 1400. The summed E-state index contributed by atoms with van der Waals surface area (Å²) in [7, 11) is 1.58. The Labute approximate surface area is 252 Å². The summed E-state index contributed by atoms with van der Waals surface area (Å²) in [4.78, 5) is 32.1. The third kappa shape index (κ3) is 8.14. The minimum atomic E-state index is -1.47. The molecule has 0 saturated carbocycles. The van der Waals surface area contributed by atoms with Crippen molar-refractivity contribution in [2.24, 2.45) is 4.99 Å². The minimum Gasteiger partial charge on any atom is -0.496 e. The molecule has 2 N–H and O–H groups in total. The van der Waals surface area contributed by atoms with Gasteiger partial charge in [-0.3, -0.25) is 9.59 Å². The number of rotatable bonds is 13. The number of ether oxygens (including phenoxy) is 4. The lowest BCUT2D eigenvalue weighted by Crippen LogP contribution is -2.48. The quantitative estimate of drug-likeness (QED) is 0.210. The number of carbonyl (C=O) groups is 2. The van der Waals surface area contributed by atoms with E-state index in [9.17, 15) is 9.59 Å². The Morgan fingerprint density at radius 2 is 1.70 bits per heavy atom. The number of aliphatic hydroxyl groups is 1. The van der Waals surface area contributed by atoms with Crippen molar-refractivity contribution in [2.45, 2.75) is 63.8 Å². The Morgan fingerprint density at radius 3 is 2.37 bits per heavy atom. The number of esters is 1. The van der Waals surface area contributed by atoms with Gasteiger partial charge in [0.15, 0.2) is 11.6 Å². The van der Waals surface area contributed by atoms with Crippen LogP contribution < -0.4 is 14.8 Å². The Balaban J connectivity index is 1.71. The van der Waals surface area contributed by atoms with Crippen molar-refractivity contribution >= 4 is 17.8 Å². The monoisotopic (exact) mass is 588 g/mol. The van der Waals surface area contributed by atoms with E-state index in [-0.39, 0.29) is 37.8 Å². The number of para-hydroxylation sites is 1. The molecule has 43 heavy (non-hydrogen) atoms. The summed E-state index contributed by atoms with van der Waals surface area (Å²) >= 11 is 0. The maximum Gasteiger partial charge on any atom is 0.306 e. The van der Waals surface area contributed by atoms with E-state index in [4.69, 9.17) is 29.0 Å². The summed E-state index contributed by atoms with van der Waals surface area (Å²) < 4.78 is 23.2. The van der Waals surface area contributed by atoms with E-state index in [1.54, 1.807) is 40.0 Å². The first-order chi connectivity index (χ1) is 20.6. The molecule has 3 aromatic rings. The van der Waals surface area contributed by atoms with Crippen LogP contribution in [0, 0.1) is 0 Å². The number of nitrogens with zero attached hydrogens (tertiary/aromatic N) is 1. The van der Waals surface area contributed by atoms with Gasteiger partial charge in [0.05, 0.1) is 13.7 Å². The number of aliphatic imine (C=N–C) groups is 1. The van der Waals surface area contributed by atoms with Gasteiger partial charge in [0.1, 0.15) is 17.1 Å². The van der Waals surface area contributed by atoms with E-state index in [2.05, 4.69) is 5.32 Å². The molecule has 1 aliphatic heterocycles. The number of methoxy groups -OCH3 is 1. The number of carbonyl (C=O) groups excluding carboxylic acids is 2. The summed E-state index contributed by atoms with van der Waals surface area (Å²) in [6.07, 6.45) is -0.254. The largest absolute Gasteiger partial charge is 0.496 e. The zero-order valence-electron chi connectivity index (χ0n) is 25.2. The van der Waals surface area contributed by atoms with Crippen LogP contribution >= 0.6 is 0 Å². The smallest absolute Gasteiger partial charge is 0.306 e. The first kappa shape index (κ1) is 31.6. The van der Waals surface area contributed by atoms with Crippen molar-refractivity contribution in [1.29, 1.82) is 0 Å². The predicted molar refractivity (Wildman–Crippen MR) is 163 cm³/mol. The van der Waals surface area contributed by atoms with Crippen LogP contribution in [0.4, 0.5) is 0 Å². The zero-order chi connectivity index (χ0) is 30.9. The molecule has 0 spiro atoms. The Hall–Kier alpha value is -4.37. The molecule has 1 amide bonds. The van der Waals surface area contributed by atoms with Crippen LogP contribution in [0.15, 0.2) is 83.9 Å². The van der Waals surface area contributed by atoms with Gasteiger partial charge < -0.3 is 29.4 Å². The van der Waals surface area contributed by atoms with E-state index in [1.807, 2.05) is 66.7 Å². The number of benzene rings is 3. The first-order valence-electron chi connectivity index (χ1n) is 14.4. The molecule has 228 valence electrons. The molecule has 9 heteroatoms. The molecule has 0 bridgehead atoms. The van der Waals surface area contributed by atoms with E-state index in [0.717, 1.165) is 11.1 Å². The average Bonchev–Trinajstić information content (AvgIpc) is 3.40. The second kappa shape index (κ2) is 14.2. The third-order valence-electron chi connectivity index (χ3n) is 6.89. The van der Waals surface area contributed by atoms with Gasteiger partial charge in [0.25, 0.3) is 5.91 Å². The fourth-order valence-electron chi connectivity index (χ4n) is 4.86. The van der Waals surface area contributed by atoms with Crippen LogP contribution in [0.3, 0.4) is 0 Å². The minimum absolute atomic E-state index is 0.0412. The number of aliphatic hydroxyl groups excluding tert-OH is 1. The first-order valence-corrected chi connectivity index (χ1v) is 14.4. The number of nitrogens with one attached hydrogen (secondary N) is 1. The van der Waals surface area contributed by atoms with E-state index in [1.165, 1.54) is 0 Å². The molecule has 0 radical (unpaired) electrons. The maximum absolute atomic E-state index is 14.3. The lowest BCUT2D eigenvalue weighted by molar-refractivity contribution is -0.155. The van der Waals surface area contributed by atoms with Gasteiger partial charge in [-0.2, -0.15) is 0 Å². The molecule has 0 saturated heterocycles. The number of hydrogen-bond donors (Lipinski definition) is 2. The van der Waals surface area contributed by atoms with Crippen LogP contribution in [0.1, 0.15) is 62.8 Å². The van der Waals surface area contributed by atoms with Gasteiger partial charge in [-0.05, 0) is 63.1 Å². The highest BCUT2D eigenvalue weighted by atomic mass is 16.6. The topological polar surface area (TPSA) is 116 Å². The van der Waals surface area contributed by atoms with Crippen molar-refractivity contribution < 1.29 is 33.6 Å². The van der Waals surface area contributed by atoms with E-state index in [0.29, 0.717) is 30.1 Å². The van der Waals surface area contributed by atoms with Crippen molar-refractivity contribution in [3.05, 3.63) is 95.6 Å². The molecule has 0 aliphatic carbocycles. The van der Waals surface area contributed by atoms with Crippen molar-refractivity contribution in [3.8, 4) is 11.5 Å². The fourth-order valence-corrected chi connectivity index (χ4v) is 4.86. The third-order valence-corrected chi connectivity index (χ3v) is 6.89. The van der Waals surface area contributed by atoms with Crippen molar-refractivity contribution in [3.63, 3.8) is 0 Å². The lowest BCUT2D eigenvalue weighted by atomic mass is 9.83. The number of amides is 1. The van der Waals surface area contributed by atoms with Gasteiger partial charge in [-0.25, -0.2) is 4.99 Å². The maximum atomic E-state index is 14.3. The van der Waals surface area contributed by atoms with Crippen molar-refractivity contribution in [1.82, 2.24) is 5.32 Å². The molecule has 0 unspecified atom stereocenters. The highest BCUT2D eigenvalue weighted by Crippen LogP contribution is 2.43. The SMILES string of the molecule is COc1ccccc1CNC(=O)[C@]1(CCC(=O)OC(C)(C)C)N=C(c2ccc(OCCCO)cc2)O[C@@H]1c1ccccc1. The highest BCUT2D eigenvalue weighted by molar-refractivity contribution is 6.01. The molecular weight excluding hydrogens is 548 g/mol. The number of hydrogen-bond acceptors (Lipinski definition) is 8. The van der Waals surface area contributed by atoms with Gasteiger partial charge in [0, 0.05) is 37.1 Å². The molecule has 1 heterocycles. The predicted octanol–water partition coefficient (Wildman–Crippen LogP) is 5.15. The van der Waals surface area contributed by atoms with E-state index >= 15 is 0 Å². The molecule has 9 nitrogen and oxygen atoms in total. The molecule has 0 aromatic heterocycles. The van der Waals surface area contributed by atoms with E-state index < -0.39 is 23.2 Å². The lowest BCUT2D eigenvalue weighted by Gasteiger charge is -2.31. The Morgan fingerprint density at radius 1 is 1.00 bits per heavy atom. The van der Waals surface area contributed by atoms with Crippen molar-refractivity contribution in [2.75, 3.05) is 20.3 Å². The van der Waals surface area contributed by atoms with Crippen LogP contribution in [0.25, 0.3) is 0 Å². The molecular formula is C34H40N2O7. The summed E-state index contributed by atoms with van der Waals surface area (Å²) in [5.74, 6) is 0.769. The van der Waals surface area contributed by atoms with Gasteiger partial charge in [-0.1, -0.05) is 48.5 Å². The standard InChI is InChI=1S/C34H40N2O7/c1-33(2,3)43-29(38)19-20-34(32(39)35-23-26-13-8-9-14-28(26)40-4)30(24-11-6-5-7-12-24)42-31(36-34)25-15-17-27(18-16-25)41-22-10-21-37/h5-9,11-18,30,37H,10,19-23H2,1-4H3,(H,35,39)/t30-,34-/m1/s1. The average molecular weight is 589 g/mol. The van der Waals surface area contributed by atoms with Gasteiger partial charge in [0.2, 0.25) is 5.90 Å². The van der Waals surface area contributed by atoms with Gasteiger partial charge in [-0.15, -0.1) is 0 Å². The Kier molecular flexibility index (Phi) is 10.4. The van der Waals surface area contributed by atoms with Crippen LogP contribution in [-0.4, -0.2) is 54.3 Å². The van der Waals surface area contributed by atoms with Crippen LogP contribution in [0.5, 0.6) is 11.5 Å². The van der Waals surface area contributed by atoms with Crippen LogP contribution in [0.2, 0.25) is 0 Å². The fraction of sp³-hybridized carbons (Fsp3) is 0.382. The molecule has 4 rings (SSSR count). The highest BCUT2D eigenvalue weighted by Gasteiger charge is 2.53. The summed E-state index contributed by atoms with van der Waals surface area (Å²) in [6, 6.07) is 24.1. The summed E-state index contributed by atoms with van der Waals surface area (Å²) in [6.45, 7) is 6.06. The normalized spacial score (nSPS) is 17.9. The molecule has 3 aromatic carbocycles. The molecule has 1 aliphatic rings. The van der Waals surface area contributed by atoms with Gasteiger partial charge >= 0.3 is 5.97 Å². The second-order valence-corrected chi connectivity index (χ2v) is 11.3.